The molecular formula is C12H15BrN4O2. The van der Waals surface area contributed by atoms with E-state index in [1.165, 1.54) is 0 Å². The SMILES string of the molecule is COc1cccc(C(N)c2c(Br)nnn2C)c1OC. The minimum absolute atomic E-state index is 0.417. The largest absolute Gasteiger partial charge is 0.493 e. The molecule has 0 fully saturated rings. The Morgan fingerprint density at radius 1 is 1.32 bits per heavy atom. The number of nitrogens with zero attached hydrogens (tertiary/aromatic N) is 3. The van der Waals surface area contributed by atoms with Gasteiger partial charge in [0, 0.05) is 12.6 Å². The average Bonchev–Trinajstić information content (AvgIpc) is 2.76. The van der Waals surface area contributed by atoms with Gasteiger partial charge in [-0.2, -0.15) is 0 Å². The molecular weight excluding hydrogens is 312 g/mol. The lowest BCUT2D eigenvalue weighted by Crippen LogP contribution is -2.17. The fourth-order valence-electron chi connectivity index (χ4n) is 1.97. The van der Waals surface area contributed by atoms with Crippen molar-refractivity contribution in [3.8, 4) is 11.5 Å². The Morgan fingerprint density at radius 3 is 2.58 bits per heavy atom. The van der Waals surface area contributed by atoms with Crippen molar-refractivity contribution in [2.24, 2.45) is 12.8 Å². The minimum Gasteiger partial charge on any atom is -0.493 e. The molecule has 1 heterocycles. The summed E-state index contributed by atoms with van der Waals surface area (Å²) < 4.78 is 12.9. The number of aromatic nitrogens is 3. The Hall–Kier alpha value is -1.60. The Morgan fingerprint density at radius 2 is 2.05 bits per heavy atom. The van der Waals surface area contributed by atoms with E-state index in [1.807, 2.05) is 18.2 Å². The van der Waals surface area contributed by atoms with Crippen LogP contribution in [0, 0.1) is 0 Å². The van der Waals surface area contributed by atoms with Gasteiger partial charge in [-0.15, -0.1) is 5.10 Å². The summed E-state index contributed by atoms with van der Waals surface area (Å²) in [6.45, 7) is 0. The molecule has 2 N–H and O–H groups in total. The van der Waals surface area contributed by atoms with Crippen molar-refractivity contribution in [2.45, 2.75) is 6.04 Å². The van der Waals surface area contributed by atoms with Gasteiger partial charge in [-0.1, -0.05) is 17.3 Å². The van der Waals surface area contributed by atoms with E-state index in [4.69, 9.17) is 15.2 Å². The van der Waals surface area contributed by atoms with Crippen LogP contribution in [0.1, 0.15) is 17.3 Å². The molecule has 0 aliphatic rings. The molecule has 0 radical (unpaired) electrons. The molecule has 0 saturated carbocycles. The number of aryl methyl sites for hydroxylation is 1. The molecule has 19 heavy (non-hydrogen) atoms. The van der Waals surface area contributed by atoms with Gasteiger partial charge in [0.15, 0.2) is 16.1 Å². The molecule has 102 valence electrons. The number of hydrogen-bond acceptors (Lipinski definition) is 5. The second-order valence-electron chi connectivity index (χ2n) is 3.95. The Labute approximate surface area is 119 Å². The first-order valence-electron chi connectivity index (χ1n) is 5.61. The van der Waals surface area contributed by atoms with Gasteiger partial charge in [0.1, 0.15) is 0 Å². The van der Waals surface area contributed by atoms with Crippen LogP contribution >= 0.6 is 15.9 Å². The average molecular weight is 327 g/mol. The first kappa shape index (κ1) is 13.8. The summed E-state index contributed by atoms with van der Waals surface area (Å²) in [5.74, 6) is 1.26. The van der Waals surface area contributed by atoms with Gasteiger partial charge in [0.05, 0.1) is 26.0 Å². The van der Waals surface area contributed by atoms with Gasteiger partial charge in [0.2, 0.25) is 0 Å². The zero-order chi connectivity index (χ0) is 14.0. The molecule has 7 heteroatoms. The van der Waals surface area contributed by atoms with Gasteiger partial charge in [-0.05, 0) is 22.0 Å². The summed E-state index contributed by atoms with van der Waals surface area (Å²) in [4.78, 5) is 0. The molecule has 1 unspecified atom stereocenters. The van der Waals surface area contributed by atoms with Crippen LogP contribution in [-0.4, -0.2) is 29.2 Å². The van der Waals surface area contributed by atoms with E-state index in [0.29, 0.717) is 16.1 Å². The smallest absolute Gasteiger partial charge is 0.165 e. The van der Waals surface area contributed by atoms with E-state index in [1.54, 1.807) is 25.9 Å². The van der Waals surface area contributed by atoms with E-state index >= 15 is 0 Å². The molecule has 1 atom stereocenters. The highest BCUT2D eigenvalue weighted by atomic mass is 79.9. The van der Waals surface area contributed by atoms with Crippen molar-refractivity contribution >= 4 is 15.9 Å². The molecule has 2 aromatic rings. The number of methoxy groups -OCH3 is 2. The van der Waals surface area contributed by atoms with E-state index in [-0.39, 0.29) is 0 Å². The summed E-state index contributed by atoms with van der Waals surface area (Å²) in [5.41, 5.74) is 7.88. The van der Waals surface area contributed by atoms with Crippen LogP contribution in [0.3, 0.4) is 0 Å². The first-order chi connectivity index (χ1) is 9.10. The highest BCUT2D eigenvalue weighted by molar-refractivity contribution is 9.10. The molecule has 0 aliphatic carbocycles. The van der Waals surface area contributed by atoms with Crippen LogP contribution < -0.4 is 15.2 Å². The molecule has 0 bridgehead atoms. The van der Waals surface area contributed by atoms with Crippen LogP contribution in [0.2, 0.25) is 0 Å². The molecule has 0 saturated heterocycles. The lowest BCUT2D eigenvalue weighted by Gasteiger charge is -2.18. The normalized spacial score (nSPS) is 12.3. The second-order valence-corrected chi connectivity index (χ2v) is 4.70. The molecule has 0 amide bonds. The number of benzene rings is 1. The predicted molar refractivity (Wildman–Crippen MR) is 74.3 cm³/mol. The highest BCUT2D eigenvalue weighted by Crippen LogP contribution is 2.37. The molecule has 1 aromatic carbocycles. The second kappa shape index (κ2) is 5.58. The lowest BCUT2D eigenvalue weighted by atomic mass is 10.0. The summed E-state index contributed by atoms with van der Waals surface area (Å²) in [6.07, 6.45) is 0. The third-order valence-corrected chi connectivity index (χ3v) is 3.45. The number of rotatable bonds is 4. The zero-order valence-corrected chi connectivity index (χ0v) is 12.5. The molecule has 1 aromatic heterocycles. The van der Waals surface area contributed by atoms with Crippen molar-refractivity contribution in [1.82, 2.24) is 15.0 Å². The summed E-state index contributed by atoms with van der Waals surface area (Å²) >= 11 is 3.35. The van der Waals surface area contributed by atoms with E-state index in [0.717, 1.165) is 11.3 Å². The Bertz CT molecular complexity index is 566. The summed E-state index contributed by atoms with van der Waals surface area (Å²) in [6, 6.07) is 5.17. The maximum atomic E-state index is 6.30. The van der Waals surface area contributed by atoms with Crippen molar-refractivity contribution in [3.63, 3.8) is 0 Å². The zero-order valence-electron chi connectivity index (χ0n) is 10.9. The fourth-order valence-corrected chi connectivity index (χ4v) is 2.55. The monoisotopic (exact) mass is 326 g/mol. The van der Waals surface area contributed by atoms with Crippen molar-refractivity contribution < 1.29 is 9.47 Å². The van der Waals surface area contributed by atoms with Crippen molar-refractivity contribution in [1.29, 1.82) is 0 Å². The number of para-hydroxylation sites is 1. The quantitative estimate of drug-likeness (QED) is 0.924. The fraction of sp³-hybridized carbons (Fsp3) is 0.333. The predicted octanol–water partition coefficient (Wildman–Crippen LogP) is 1.64. The number of halogens is 1. The van der Waals surface area contributed by atoms with E-state index < -0.39 is 6.04 Å². The minimum atomic E-state index is -0.417. The molecule has 6 nitrogen and oxygen atoms in total. The van der Waals surface area contributed by atoms with Gasteiger partial charge >= 0.3 is 0 Å². The van der Waals surface area contributed by atoms with Gasteiger partial charge in [-0.25, -0.2) is 4.68 Å². The van der Waals surface area contributed by atoms with Crippen molar-refractivity contribution in [3.05, 3.63) is 34.1 Å². The van der Waals surface area contributed by atoms with E-state index in [9.17, 15) is 0 Å². The molecule has 2 rings (SSSR count). The summed E-state index contributed by atoms with van der Waals surface area (Å²) in [7, 11) is 4.97. The third-order valence-electron chi connectivity index (χ3n) is 2.89. The maximum Gasteiger partial charge on any atom is 0.165 e. The topological polar surface area (TPSA) is 75.2 Å². The van der Waals surface area contributed by atoms with Crippen LogP contribution in [-0.2, 0) is 7.05 Å². The molecule has 0 aliphatic heterocycles. The maximum absolute atomic E-state index is 6.30. The van der Waals surface area contributed by atoms with Gasteiger partial charge < -0.3 is 15.2 Å². The van der Waals surface area contributed by atoms with Crippen LogP contribution in [0.5, 0.6) is 11.5 Å². The highest BCUT2D eigenvalue weighted by Gasteiger charge is 2.23. The van der Waals surface area contributed by atoms with Crippen LogP contribution in [0.4, 0.5) is 0 Å². The Balaban J connectivity index is 2.53. The van der Waals surface area contributed by atoms with Gasteiger partial charge in [0.25, 0.3) is 0 Å². The number of ether oxygens (including phenoxy) is 2. The van der Waals surface area contributed by atoms with Crippen LogP contribution in [0.25, 0.3) is 0 Å². The number of nitrogens with two attached hydrogens (primary N) is 1. The third kappa shape index (κ3) is 2.43. The summed E-state index contributed by atoms with van der Waals surface area (Å²) in [5, 5.41) is 7.87. The van der Waals surface area contributed by atoms with Gasteiger partial charge in [-0.3, -0.25) is 0 Å². The van der Waals surface area contributed by atoms with Crippen molar-refractivity contribution in [2.75, 3.05) is 14.2 Å². The first-order valence-corrected chi connectivity index (χ1v) is 6.41. The number of hydrogen-bond donors (Lipinski definition) is 1. The molecule has 0 spiro atoms. The lowest BCUT2D eigenvalue weighted by molar-refractivity contribution is 0.350. The Kier molecular flexibility index (Phi) is 4.06. The standard InChI is InChI=1S/C12H15BrN4O2/c1-17-10(12(13)15-16-17)9(14)7-5-4-6-8(18-2)11(7)19-3/h4-6,9H,14H2,1-3H3. The van der Waals surface area contributed by atoms with E-state index in [2.05, 4.69) is 26.2 Å². The van der Waals surface area contributed by atoms with Crippen LogP contribution in [0.15, 0.2) is 22.8 Å².